The number of benzene rings is 6. The molecule has 5 nitrogen and oxygen atoms in total. The number of para-hydroxylation sites is 1. The molecule has 7 aromatic rings. The van der Waals surface area contributed by atoms with Crippen LogP contribution in [-0.4, -0.2) is 13.5 Å². The third kappa shape index (κ3) is 5.15. The highest BCUT2D eigenvalue weighted by molar-refractivity contribution is 7.00. The van der Waals surface area contributed by atoms with Gasteiger partial charge in [0.1, 0.15) is 5.58 Å². The molecule has 10 rings (SSSR count). The number of furan rings is 1. The lowest BCUT2D eigenvalue weighted by atomic mass is 9.35. The lowest BCUT2D eigenvalue weighted by molar-refractivity contribution is 0.174. The van der Waals surface area contributed by atoms with Gasteiger partial charge in [-0.05, 0) is 118 Å². The van der Waals surface area contributed by atoms with Gasteiger partial charge in [0.05, 0.1) is 22.7 Å². The van der Waals surface area contributed by atoms with Crippen molar-refractivity contribution < 1.29 is 13.9 Å². The van der Waals surface area contributed by atoms with E-state index >= 15 is 0 Å². The van der Waals surface area contributed by atoms with Crippen molar-refractivity contribution in [2.75, 3.05) is 16.6 Å². The maximum atomic E-state index is 7.11. The van der Waals surface area contributed by atoms with Crippen molar-refractivity contribution in [1.82, 2.24) is 0 Å². The largest absolute Gasteiger partial charge is 0.468 e. The average Bonchev–Trinajstić information content (AvgIpc) is 3.78. The Labute approximate surface area is 330 Å². The molecule has 6 aromatic carbocycles. The van der Waals surface area contributed by atoms with E-state index in [2.05, 4.69) is 181 Å². The smallest absolute Gasteiger partial charge is 0.297 e. The van der Waals surface area contributed by atoms with E-state index in [0.717, 1.165) is 56.3 Å². The van der Waals surface area contributed by atoms with Crippen molar-refractivity contribution in [2.45, 2.75) is 73.1 Å². The van der Waals surface area contributed by atoms with Crippen molar-refractivity contribution >= 4 is 68.4 Å². The standard InChI is InChI=1S/C50H47BN2O3/c1-29-21-40-45-41(22-29)53(46-30(2)23-34(24-31(46)3)50(7,8)9)47-35-17-13-14-18-42(35)56-48(47)51(45)37-26-43-44(55-28-54-43)27-39(37)52(40)38-20-19-33(49(4,5)6)25-36(38)32-15-11-10-12-16-32/h10-27H,28H2,1-9H3. The summed E-state index contributed by atoms with van der Waals surface area (Å²) in [6, 6.07) is 40.2. The molecule has 4 heterocycles. The van der Waals surface area contributed by atoms with Gasteiger partial charge in [-0.15, -0.1) is 0 Å². The molecule has 0 spiro atoms. The molecule has 0 bridgehead atoms. The van der Waals surface area contributed by atoms with Crippen LogP contribution >= 0.6 is 0 Å². The Hall–Kier alpha value is -5.88. The van der Waals surface area contributed by atoms with Gasteiger partial charge < -0.3 is 23.7 Å². The van der Waals surface area contributed by atoms with Crippen LogP contribution in [-0.2, 0) is 10.8 Å². The zero-order chi connectivity index (χ0) is 38.8. The highest BCUT2D eigenvalue weighted by atomic mass is 16.7. The van der Waals surface area contributed by atoms with Crippen LogP contribution in [0.25, 0.3) is 22.1 Å². The molecule has 0 N–H and O–H groups in total. The minimum absolute atomic E-state index is 0.0201. The molecule has 0 aliphatic carbocycles. The number of anilines is 6. The van der Waals surface area contributed by atoms with Gasteiger partial charge in [0.25, 0.3) is 6.71 Å². The quantitative estimate of drug-likeness (QED) is 0.169. The SMILES string of the molecule is Cc1cc2c3c(c1)N(c1c(C)cc(C(C)(C)C)cc1C)c1c(oc4ccccc14)B3c1cc3c(cc1N2c1ccc(C(C)(C)C)cc1-c1ccccc1)OCO3. The van der Waals surface area contributed by atoms with Crippen LogP contribution in [0.4, 0.5) is 34.1 Å². The maximum absolute atomic E-state index is 7.11. The second-order valence-corrected chi connectivity index (χ2v) is 18.0. The predicted octanol–water partition coefficient (Wildman–Crippen LogP) is 11.4. The molecule has 0 fully saturated rings. The number of hydrogen-bond acceptors (Lipinski definition) is 5. The van der Waals surface area contributed by atoms with E-state index in [1.807, 2.05) is 0 Å². The number of fused-ring (bicyclic) bond motifs is 7. The Morgan fingerprint density at radius 1 is 0.571 bits per heavy atom. The summed E-state index contributed by atoms with van der Waals surface area (Å²) >= 11 is 0. The van der Waals surface area contributed by atoms with Crippen LogP contribution < -0.4 is 35.9 Å². The molecule has 1 aromatic heterocycles. The normalized spacial score (nSPS) is 14.3. The monoisotopic (exact) mass is 734 g/mol. The van der Waals surface area contributed by atoms with Crippen LogP contribution in [0.5, 0.6) is 11.5 Å². The Kier molecular flexibility index (Phi) is 7.45. The number of rotatable bonds is 3. The van der Waals surface area contributed by atoms with Crippen molar-refractivity contribution in [3.63, 3.8) is 0 Å². The van der Waals surface area contributed by atoms with Crippen molar-refractivity contribution in [2.24, 2.45) is 0 Å². The summed E-state index contributed by atoms with van der Waals surface area (Å²) in [6.07, 6.45) is 0. The van der Waals surface area contributed by atoms with E-state index in [0.29, 0.717) is 0 Å². The van der Waals surface area contributed by atoms with Crippen molar-refractivity contribution in [3.8, 4) is 22.6 Å². The fourth-order valence-electron chi connectivity index (χ4n) is 9.23. The Morgan fingerprint density at radius 3 is 1.91 bits per heavy atom. The summed E-state index contributed by atoms with van der Waals surface area (Å²) in [5, 5.41) is 1.10. The molecule has 0 amide bonds. The minimum atomic E-state index is -0.191. The third-order valence-corrected chi connectivity index (χ3v) is 12.0. The molecule has 0 radical (unpaired) electrons. The molecule has 0 saturated heterocycles. The minimum Gasteiger partial charge on any atom is -0.468 e. The predicted molar refractivity (Wildman–Crippen MR) is 233 cm³/mol. The summed E-state index contributed by atoms with van der Waals surface area (Å²) in [5.74, 6) is 1.52. The van der Waals surface area contributed by atoms with E-state index in [1.165, 1.54) is 55.8 Å². The zero-order valence-corrected chi connectivity index (χ0v) is 33.8. The number of nitrogens with zero attached hydrogens (tertiary/aromatic N) is 2. The highest BCUT2D eigenvalue weighted by Crippen LogP contribution is 2.51. The first-order chi connectivity index (χ1) is 26.8. The number of ether oxygens (including phenoxy) is 2. The van der Waals surface area contributed by atoms with Gasteiger partial charge in [-0.1, -0.05) is 102 Å². The maximum Gasteiger partial charge on any atom is 0.297 e. The molecule has 3 aliphatic heterocycles. The lowest BCUT2D eigenvalue weighted by Gasteiger charge is -2.44. The van der Waals surface area contributed by atoms with Gasteiger partial charge in [-0.3, -0.25) is 0 Å². The summed E-state index contributed by atoms with van der Waals surface area (Å²) in [6.45, 7) is 20.5. The van der Waals surface area contributed by atoms with E-state index < -0.39 is 0 Å². The Bertz CT molecular complexity index is 2730. The van der Waals surface area contributed by atoms with Gasteiger partial charge in [-0.25, -0.2) is 0 Å². The van der Waals surface area contributed by atoms with E-state index in [9.17, 15) is 0 Å². The topological polar surface area (TPSA) is 38.1 Å². The fraction of sp³-hybridized carbons (Fsp3) is 0.240. The molecule has 0 atom stereocenters. The zero-order valence-electron chi connectivity index (χ0n) is 33.8. The summed E-state index contributed by atoms with van der Waals surface area (Å²) in [4.78, 5) is 4.99. The first-order valence-electron chi connectivity index (χ1n) is 19.8. The van der Waals surface area contributed by atoms with Crippen LogP contribution in [0.2, 0.25) is 0 Å². The van der Waals surface area contributed by atoms with Crippen molar-refractivity contribution in [3.05, 3.63) is 137 Å². The molecular weight excluding hydrogens is 687 g/mol. The van der Waals surface area contributed by atoms with Gasteiger partial charge in [-0.2, -0.15) is 0 Å². The van der Waals surface area contributed by atoms with Gasteiger partial charge in [0.2, 0.25) is 6.79 Å². The molecular formula is C50H47BN2O3. The second kappa shape index (κ2) is 12.1. The molecule has 3 aliphatic rings. The number of aryl methyl sites for hydroxylation is 3. The number of hydrogen-bond donors (Lipinski definition) is 0. The summed E-state index contributed by atoms with van der Waals surface area (Å²) < 4.78 is 19.4. The van der Waals surface area contributed by atoms with Crippen LogP contribution in [0.3, 0.4) is 0 Å². The van der Waals surface area contributed by atoms with Crippen molar-refractivity contribution in [1.29, 1.82) is 0 Å². The van der Waals surface area contributed by atoms with Gasteiger partial charge in [0.15, 0.2) is 11.5 Å². The van der Waals surface area contributed by atoms with Gasteiger partial charge in [0, 0.05) is 34.1 Å². The van der Waals surface area contributed by atoms with E-state index in [1.54, 1.807) is 0 Å². The fourth-order valence-corrected chi connectivity index (χ4v) is 9.23. The first kappa shape index (κ1) is 34.6. The van der Waals surface area contributed by atoms with E-state index in [-0.39, 0.29) is 24.3 Å². The molecule has 278 valence electrons. The Balaban J connectivity index is 1.33. The summed E-state index contributed by atoms with van der Waals surface area (Å²) in [5.41, 5.74) is 19.5. The van der Waals surface area contributed by atoms with Gasteiger partial charge >= 0.3 is 0 Å². The first-order valence-corrected chi connectivity index (χ1v) is 19.8. The lowest BCUT2D eigenvalue weighted by Crippen LogP contribution is -2.61. The van der Waals surface area contributed by atoms with Crippen LogP contribution in [0, 0.1) is 20.8 Å². The Morgan fingerprint density at radius 2 is 1.21 bits per heavy atom. The highest BCUT2D eigenvalue weighted by Gasteiger charge is 2.48. The van der Waals surface area contributed by atoms with E-state index in [4.69, 9.17) is 13.9 Å². The molecule has 0 saturated carbocycles. The molecule has 6 heteroatoms. The molecule has 56 heavy (non-hydrogen) atoms. The summed E-state index contributed by atoms with van der Waals surface area (Å²) in [7, 11) is 0. The molecule has 0 unspecified atom stereocenters. The third-order valence-electron chi connectivity index (χ3n) is 12.0. The second-order valence-electron chi connectivity index (χ2n) is 18.0. The average molecular weight is 735 g/mol. The van der Waals surface area contributed by atoms with Crippen LogP contribution in [0.15, 0.2) is 114 Å². The van der Waals surface area contributed by atoms with Crippen LogP contribution in [0.1, 0.15) is 69.4 Å².